The molecule has 2 N–H and O–H groups in total. The Morgan fingerprint density at radius 2 is 2.00 bits per heavy atom. The summed E-state index contributed by atoms with van der Waals surface area (Å²) in [5.74, 6) is 0.163. The highest BCUT2D eigenvalue weighted by atomic mass is 32.2. The summed E-state index contributed by atoms with van der Waals surface area (Å²) < 4.78 is 24.4. The first-order valence-electron chi connectivity index (χ1n) is 7.92. The largest absolute Gasteiger partial charge is 0.458 e. The minimum absolute atomic E-state index is 0.268. The number of benzene rings is 2. The molecule has 130 valence electrons. The van der Waals surface area contributed by atoms with Crippen LogP contribution in [0.3, 0.4) is 0 Å². The highest BCUT2D eigenvalue weighted by molar-refractivity contribution is 7.99. The van der Waals surface area contributed by atoms with Crippen LogP contribution in [0.15, 0.2) is 52.9 Å². The first-order valence-corrected chi connectivity index (χ1v) is 8.90. The molecule has 6 nitrogen and oxygen atoms in total. The number of nitrogens with zero attached hydrogens (tertiary/aromatic N) is 1. The zero-order chi connectivity index (χ0) is 17.7. The second-order valence-electron chi connectivity index (χ2n) is 5.84. The smallest absolute Gasteiger partial charge is 0.256 e. The Hall–Kier alpha value is -3.00. The average molecular weight is 369 g/mol. The SMILES string of the molecule is O=c1[nH]ccc2c3nc(SCC4OC=CO4)[nH]c3c3ccc(F)cc3c12. The maximum absolute atomic E-state index is 13.8. The van der Waals surface area contributed by atoms with Crippen LogP contribution in [-0.2, 0) is 9.47 Å². The molecule has 2 aromatic carbocycles. The monoisotopic (exact) mass is 369 g/mol. The molecule has 8 heteroatoms. The first kappa shape index (κ1) is 15.3. The fourth-order valence-electron chi connectivity index (χ4n) is 3.19. The van der Waals surface area contributed by atoms with Crippen molar-refractivity contribution in [1.82, 2.24) is 15.0 Å². The fourth-order valence-corrected chi connectivity index (χ4v) is 3.97. The van der Waals surface area contributed by atoms with Crippen LogP contribution < -0.4 is 5.56 Å². The third-order valence-corrected chi connectivity index (χ3v) is 5.20. The molecule has 3 heterocycles. The standard InChI is InChI=1S/C18H12FN3O3S/c19-9-1-2-10-12(7-9)14-11(3-4-20-17(14)23)16-15(10)21-18(22-16)26-8-13-24-5-6-25-13/h1-7,13H,8H2,(H,20,23)(H,21,22). The molecule has 0 saturated heterocycles. The molecule has 0 radical (unpaired) electrons. The molecule has 1 aliphatic heterocycles. The summed E-state index contributed by atoms with van der Waals surface area (Å²) in [7, 11) is 0. The van der Waals surface area contributed by atoms with Crippen molar-refractivity contribution in [1.29, 1.82) is 0 Å². The number of hydrogen-bond acceptors (Lipinski definition) is 5. The van der Waals surface area contributed by atoms with Gasteiger partial charge in [-0.05, 0) is 24.3 Å². The average Bonchev–Trinajstić information content (AvgIpc) is 3.29. The van der Waals surface area contributed by atoms with Crippen LogP contribution in [-0.4, -0.2) is 27.0 Å². The number of hydrogen-bond donors (Lipinski definition) is 2. The highest BCUT2D eigenvalue weighted by Crippen LogP contribution is 2.34. The van der Waals surface area contributed by atoms with Crippen LogP contribution in [0.25, 0.3) is 32.6 Å². The van der Waals surface area contributed by atoms with Gasteiger partial charge in [0.1, 0.15) is 18.3 Å². The summed E-state index contributed by atoms with van der Waals surface area (Å²) in [4.78, 5) is 23.0. The maximum Gasteiger partial charge on any atom is 0.256 e. The fraction of sp³-hybridized carbons (Fsp3) is 0.111. The molecule has 0 fully saturated rings. The molecule has 0 amide bonds. The van der Waals surface area contributed by atoms with E-state index in [9.17, 15) is 9.18 Å². The Kier molecular flexibility index (Phi) is 3.39. The molecule has 4 aromatic rings. The first-order chi connectivity index (χ1) is 12.7. The van der Waals surface area contributed by atoms with E-state index in [0.717, 1.165) is 10.9 Å². The van der Waals surface area contributed by atoms with E-state index in [1.54, 1.807) is 18.3 Å². The van der Waals surface area contributed by atoms with Gasteiger partial charge in [-0.2, -0.15) is 0 Å². The number of nitrogens with one attached hydrogen (secondary N) is 2. The van der Waals surface area contributed by atoms with Crippen molar-refractivity contribution in [3.05, 3.63) is 59.2 Å². The minimum Gasteiger partial charge on any atom is -0.458 e. The summed E-state index contributed by atoms with van der Waals surface area (Å²) in [5.41, 5.74) is 1.18. The summed E-state index contributed by atoms with van der Waals surface area (Å²) in [5, 5.41) is 3.10. The predicted molar refractivity (Wildman–Crippen MR) is 97.5 cm³/mol. The van der Waals surface area contributed by atoms with Gasteiger partial charge in [0.25, 0.3) is 5.56 Å². The molecule has 5 rings (SSSR count). The number of halogens is 1. The van der Waals surface area contributed by atoms with E-state index >= 15 is 0 Å². The molecular formula is C18H12FN3O3S. The number of aromatic amines is 2. The number of H-pyrrole nitrogens is 2. The highest BCUT2D eigenvalue weighted by Gasteiger charge is 2.18. The lowest BCUT2D eigenvalue weighted by molar-refractivity contribution is -0.00155. The topological polar surface area (TPSA) is 80.0 Å². The molecule has 0 spiro atoms. The van der Waals surface area contributed by atoms with Gasteiger partial charge in [-0.3, -0.25) is 4.79 Å². The molecule has 0 atom stereocenters. The normalized spacial score (nSPS) is 14.3. The number of rotatable bonds is 3. The number of imidazole rings is 1. The van der Waals surface area contributed by atoms with Crippen molar-refractivity contribution in [3.8, 4) is 0 Å². The van der Waals surface area contributed by atoms with E-state index in [1.807, 2.05) is 0 Å². The summed E-state index contributed by atoms with van der Waals surface area (Å²) in [6.07, 6.45) is 4.23. The molecule has 26 heavy (non-hydrogen) atoms. The summed E-state index contributed by atoms with van der Waals surface area (Å²) in [6.45, 7) is 0. The Labute approximate surface area is 150 Å². The molecule has 0 unspecified atom stereocenters. The van der Waals surface area contributed by atoms with E-state index < -0.39 is 5.82 Å². The van der Waals surface area contributed by atoms with Crippen LogP contribution in [0.1, 0.15) is 0 Å². The Balaban J connectivity index is 1.73. The lowest BCUT2D eigenvalue weighted by Crippen LogP contribution is -2.10. The second kappa shape index (κ2) is 5.77. The number of pyridine rings is 1. The molecule has 2 aromatic heterocycles. The van der Waals surface area contributed by atoms with Gasteiger partial charge in [-0.1, -0.05) is 11.8 Å². The zero-order valence-electron chi connectivity index (χ0n) is 13.3. The lowest BCUT2D eigenvalue weighted by atomic mass is 10.0. The van der Waals surface area contributed by atoms with Crippen LogP contribution in [0.2, 0.25) is 0 Å². The van der Waals surface area contributed by atoms with Crippen LogP contribution in [0.4, 0.5) is 4.39 Å². The van der Waals surface area contributed by atoms with Gasteiger partial charge in [0.15, 0.2) is 5.16 Å². The van der Waals surface area contributed by atoms with Crippen molar-refractivity contribution in [2.75, 3.05) is 5.75 Å². The van der Waals surface area contributed by atoms with Gasteiger partial charge in [0.05, 0.1) is 22.2 Å². The maximum atomic E-state index is 13.8. The van der Waals surface area contributed by atoms with Gasteiger partial charge >= 0.3 is 0 Å². The Morgan fingerprint density at radius 1 is 1.15 bits per heavy atom. The van der Waals surface area contributed by atoms with Crippen molar-refractivity contribution < 1.29 is 13.9 Å². The number of thioether (sulfide) groups is 1. The lowest BCUT2D eigenvalue weighted by Gasteiger charge is -2.07. The van der Waals surface area contributed by atoms with E-state index in [-0.39, 0.29) is 11.8 Å². The van der Waals surface area contributed by atoms with Crippen molar-refractivity contribution in [2.24, 2.45) is 0 Å². The molecule has 0 bridgehead atoms. The van der Waals surface area contributed by atoms with Crippen molar-refractivity contribution in [2.45, 2.75) is 11.4 Å². The van der Waals surface area contributed by atoms with E-state index in [4.69, 9.17) is 9.47 Å². The van der Waals surface area contributed by atoms with E-state index in [1.165, 1.54) is 36.4 Å². The van der Waals surface area contributed by atoms with Crippen LogP contribution in [0.5, 0.6) is 0 Å². The predicted octanol–water partition coefficient (Wildman–Crippen LogP) is 3.63. The number of ether oxygens (including phenoxy) is 2. The zero-order valence-corrected chi connectivity index (χ0v) is 14.1. The van der Waals surface area contributed by atoms with Gasteiger partial charge in [-0.25, -0.2) is 9.37 Å². The Morgan fingerprint density at radius 3 is 2.85 bits per heavy atom. The third kappa shape index (κ3) is 2.33. The summed E-state index contributed by atoms with van der Waals surface area (Å²) >= 11 is 1.45. The van der Waals surface area contributed by atoms with E-state index in [2.05, 4.69) is 15.0 Å². The summed E-state index contributed by atoms with van der Waals surface area (Å²) in [6, 6.07) is 6.21. The number of fused-ring (bicyclic) bond motifs is 6. The van der Waals surface area contributed by atoms with Crippen LogP contribution >= 0.6 is 11.8 Å². The van der Waals surface area contributed by atoms with Crippen molar-refractivity contribution in [3.63, 3.8) is 0 Å². The number of aromatic nitrogens is 3. The minimum atomic E-state index is -0.390. The van der Waals surface area contributed by atoms with Crippen LogP contribution in [0, 0.1) is 5.82 Å². The van der Waals surface area contributed by atoms with E-state index in [0.29, 0.717) is 32.6 Å². The second-order valence-corrected chi connectivity index (χ2v) is 6.84. The molecule has 1 aliphatic rings. The van der Waals surface area contributed by atoms with Gasteiger partial charge < -0.3 is 19.4 Å². The van der Waals surface area contributed by atoms with Crippen molar-refractivity contribution >= 4 is 44.3 Å². The third-order valence-electron chi connectivity index (χ3n) is 4.29. The quantitative estimate of drug-likeness (QED) is 0.426. The van der Waals surface area contributed by atoms with Gasteiger partial charge in [-0.15, -0.1) is 0 Å². The molecular weight excluding hydrogens is 357 g/mol. The molecule has 0 saturated carbocycles. The van der Waals surface area contributed by atoms with Gasteiger partial charge in [0.2, 0.25) is 6.29 Å². The molecule has 0 aliphatic carbocycles. The van der Waals surface area contributed by atoms with Gasteiger partial charge in [0, 0.05) is 22.4 Å². The Bertz CT molecular complexity index is 1240.